The molecule has 2 atom stereocenters. The number of carbonyl (C=O) groups excluding carboxylic acids is 1. The zero-order chi connectivity index (χ0) is 13.3. The third kappa shape index (κ3) is 2.57. The van der Waals surface area contributed by atoms with E-state index < -0.39 is 0 Å². The summed E-state index contributed by atoms with van der Waals surface area (Å²) in [6.45, 7) is 9.33. The lowest BCUT2D eigenvalue weighted by Gasteiger charge is -2.38. The summed E-state index contributed by atoms with van der Waals surface area (Å²) in [6.07, 6.45) is 1.25. The van der Waals surface area contributed by atoms with Crippen LogP contribution in [-0.2, 0) is 4.74 Å². The molecule has 2 heterocycles. The van der Waals surface area contributed by atoms with Crippen molar-refractivity contribution in [3.8, 4) is 0 Å². The number of hydrogen-bond donors (Lipinski definition) is 0. The molecule has 5 heteroatoms. The minimum Gasteiger partial charge on any atom is -0.375 e. The Labute approximate surface area is 112 Å². The van der Waals surface area contributed by atoms with Crippen LogP contribution in [0, 0.1) is 6.92 Å². The maximum absolute atomic E-state index is 11.5. The SMILES string of the molecule is CCC1COC(C)CN1c1nc(C)c(C(C)=O)s1. The maximum atomic E-state index is 11.5. The van der Waals surface area contributed by atoms with Gasteiger partial charge < -0.3 is 9.64 Å². The van der Waals surface area contributed by atoms with Gasteiger partial charge in [0.15, 0.2) is 10.9 Å². The lowest BCUT2D eigenvalue weighted by molar-refractivity contribution is 0.0299. The van der Waals surface area contributed by atoms with Gasteiger partial charge in [0, 0.05) is 13.5 Å². The van der Waals surface area contributed by atoms with Crippen LogP contribution in [0.1, 0.15) is 42.6 Å². The molecule has 2 rings (SSSR count). The van der Waals surface area contributed by atoms with Crippen LogP contribution in [0.4, 0.5) is 5.13 Å². The number of thiazole rings is 1. The number of carbonyl (C=O) groups is 1. The van der Waals surface area contributed by atoms with Gasteiger partial charge in [-0.15, -0.1) is 0 Å². The number of rotatable bonds is 3. The van der Waals surface area contributed by atoms with E-state index in [9.17, 15) is 4.79 Å². The van der Waals surface area contributed by atoms with Crippen molar-refractivity contribution in [1.82, 2.24) is 4.98 Å². The van der Waals surface area contributed by atoms with Gasteiger partial charge in [-0.05, 0) is 20.3 Å². The Hall–Kier alpha value is -0.940. The molecule has 1 aromatic rings. The Kier molecular flexibility index (Phi) is 4.02. The van der Waals surface area contributed by atoms with E-state index in [2.05, 4.69) is 23.7 Å². The first-order valence-corrected chi connectivity index (χ1v) is 7.21. The van der Waals surface area contributed by atoms with Gasteiger partial charge in [-0.3, -0.25) is 4.79 Å². The second-order valence-corrected chi connectivity index (χ2v) is 5.80. The fourth-order valence-electron chi connectivity index (χ4n) is 2.25. The highest BCUT2D eigenvalue weighted by atomic mass is 32.1. The maximum Gasteiger partial charge on any atom is 0.186 e. The molecule has 2 unspecified atom stereocenters. The van der Waals surface area contributed by atoms with E-state index >= 15 is 0 Å². The Morgan fingerprint density at radius 1 is 1.61 bits per heavy atom. The van der Waals surface area contributed by atoms with Crippen molar-refractivity contribution in [3.63, 3.8) is 0 Å². The molecule has 1 fully saturated rings. The molecule has 1 aliphatic heterocycles. The summed E-state index contributed by atoms with van der Waals surface area (Å²) in [7, 11) is 0. The number of aromatic nitrogens is 1. The van der Waals surface area contributed by atoms with Gasteiger partial charge in [-0.2, -0.15) is 0 Å². The lowest BCUT2D eigenvalue weighted by atomic mass is 10.1. The molecule has 0 radical (unpaired) electrons. The number of aryl methyl sites for hydroxylation is 1. The zero-order valence-corrected chi connectivity index (χ0v) is 12.2. The predicted octanol–water partition coefficient (Wildman–Crippen LogP) is 2.66. The summed E-state index contributed by atoms with van der Waals surface area (Å²) < 4.78 is 5.69. The second kappa shape index (κ2) is 5.36. The van der Waals surface area contributed by atoms with Crippen LogP contribution in [0.5, 0.6) is 0 Å². The minimum absolute atomic E-state index is 0.102. The first kappa shape index (κ1) is 13.5. The monoisotopic (exact) mass is 268 g/mol. The number of morpholine rings is 1. The molecule has 0 amide bonds. The van der Waals surface area contributed by atoms with Crippen LogP contribution < -0.4 is 4.90 Å². The minimum atomic E-state index is 0.102. The molecule has 1 aromatic heterocycles. The fourth-order valence-corrected chi connectivity index (χ4v) is 3.29. The van der Waals surface area contributed by atoms with Crippen LogP contribution >= 0.6 is 11.3 Å². The van der Waals surface area contributed by atoms with E-state index in [1.807, 2.05) is 6.92 Å². The highest BCUT2D eigenvalue weighted by molar-refractivity contribution is 7.17. The third-order valence-electron chi connectivity index (χ3n) is 3.29. The Morgan fingerprint density at radius 3 is 2.89 bits per heavy atom. The van der Waals surface area contributed by atoms with Gasteiger partial charge in [-0.25, -0.2) is 4.98 Å². The average molecular weight is 268 g/mol. The average Bonchev–Trinajstić information content (AvgIpc) is 2.71. The third-order valence-corrected chi connectivity index (χ3v) is 4.59. The number of anilines is 1. The van der Waals surface area contributed by atoms with Crippen LogP contribution in [0.25, 0.3) is 0 Å². The van der Waals surface area contributed by atoms with E-state index in [1.54, 1.807) is 6.92 Å². The van der Waals surface area contributed by atoms with E-state index in [-0.39, 0.29) is 11.9 Å². The van der Waals surface area contributed by atoms with Crippen LogP contribution in [-0.4, -0.2) is 36.1 Å². The van der Waals surface area contributed by atoms with Crippen LogP contribution in [0.15, 0.2) is 0 Å². The summed E-state index contributed by atoms with van der Waals surface area (Å²) in [5.74, 6) is 0.102. The van der Waals surface area contributed by atoms with Crippen molar-refractivity contribution in [2.75, 3.05) is 18.1 Å². The van der Waals surface area contributed by atoms with Gasteiger partial charge in [0.05, 0.1) is 29.3 Å². The van der Waals surface area contributed by atoms with Crippen molar-refractivity contribution in [2.24, 2.45) is 0 Å². The molecule has 18 heavy (non-hydrogen) atoms. The predicted molar refractivity (Wildman–Crippen MR) is 73.7 cm³/mol. The quantitative estimate of drug-likeness (QED) is 0.790. The molecule has 0 saturated carbocycles. The Morgan fingerprint density at radius 2 is 2.33 bits per heavy atom. The molecular weight excluding hydrogens is 248 g/mol. The fraction of sp³-hybridized carbons (Fsp3) is 0.692. The normalized spacial score (nSPS) is 24.3. The zero-order valence-electron chi connectivity index (χ0n) is 11.4. The van der Waals surface area contributed by atoms with Gasteiger partial charge >= 0.3 is 0 Å². The molecule has 100 valence electrons. The molecule has 0 N–H and O–H groups in total. The number of Topliss-reactive ketones (excluding diaryl/α,β-unsaturated/α-hetero) is 1. The standard InChI is InChI=1S/C13H20N2O2S/c1-5-11-7-17-8(2)6-15(11)13-14-9(3)12(18-13)10(4)16/h8,11H,5-7H2,1-4H3. The van der Waals surface area contributed by atoms with E-state index in [0.29, 0.717) is 6.04 Å². The Bertz CT molecular complexity index is 444. The van der Waals surface area contributed by atoms with Crippen molar-refractivity contribution < 1.29 is 9.53 Å². The van der Waals surface area contributed by atoms with Crippen molar-refractivity contribution in [2.45, 2.75) is 46.3 Å². The highest BCUT2D eigenvalue weighted by Crippen LogP contribution is 2.30. The largest absolute Gasteiger partial charge is 0.375 e. The van der Waals surface area contributed by atoms with Crippen molar-refractivity contribution >= 4 is 22.3 Å². The first-order chi connectivity index (χ1) is 8.52. The number of hydrogen-bond acceptors (Lipinski definition) is 5. The van der Waals surface area contributed by atoms with E-state index in [1.165, 1.54) is 11.3 Å². The molecule has 4 nitrogen and oxygen atoms in total. The summed E-state index contributed by atoms with van der Waals surface area (Å²) >= 11 is 1.50. The van der Waals surface area contributed by atoms with E-state index in [0.717, 1.165) is 35.3 Å². The molecule has 0 bridgehead atoms. The summed E-state index contributed by atoms with van der Waals surface area (Å²) in [5.41, 5.74) is 0.844. The molecule has 0 aromatic carbocycles. The summed E-state index contributed by atoms with van der Waals surface area (Å²) in [6, 6.07) is 0.367. The second-order valence-electron chi connectivity index (χ2n) is 4.83. The first-order valence-electron chi connectivity index (χ1n) is 6.39. The van der Waals surface area contributed by atoms with Gasteiger partial charge in [0.25, 0.3) is 0 Å². The molecule has 1 saturated heterocycles. The summed E-state index contributed by atoms with van der Waals surface area (Å²) in [5, 5.41) is 0.958. The van der Waals surface area contributed by atoms with E-state index in [4.69, 9.17) is 4.74 Å². The number of nitrogens with zero attached hydrogens (tertiary/aromatic N) is 2. The van der Waals surface area contributed by atoms with Crippen molar-refractivity contribution in [1.29, 1.82) is 0 Å². The van der Waals surface area contributed by atoms with Gasteiger partial charge in [0.1, 0.15) is 0 Å². The van der Waals surface area contributed by atoms with Crippen LogP contribution in [0.2, 0.25) is 0 Å². The van der Waals surface area contributed by atoms with Gasteiger partial charge in [-0.1, -0.05) is 18.3 Å². The molecule has 0 aliphatic carbocycles. The molecule has 0 spiro atoms. The number of ether oxygens (including phenoxy) is 1. The lowest BCUT2D eigenvalue weighted by Crippen LogP contribution is -2.48. The topological polar surface area (TPSA) is 42.4 Å². The van der Waals surface area contributed by atoms with Crippen molar-refractivity contribution in [3.05, 3.63) is 10.6 Å². The summed E-state index contributed by atoms with van der Waals surface area (Å²) in [4.78, 5) is 19.1. The smallest absolute Gasteiger partial charge is 0.186 e. The van der Waals surface area contributed by atoms with Gasteiger partial charge in [0.2, 0.25) is 0 Å². The van der Waals surface area contributed by atoms with Crippen LogP contribution in [0.3, 0.4) is 0 Å². The number of ketones is 1. The Balaban J connectivity index is 2.28. The molecular formula is C13H20N2O2S. The molecule has 1 aliphatic rings. The highest BCUT2D eigenvalue weighted by Gasteiger charge is 2.28.